The van der Waals surface area contributed by atoms with E-state index in [4.69, 9.17) is 4.74 Å². The van der Waals surface area contributed by atoms with Crippen LogP contribution in [-0.4, -0.2) is 29.7 Å². The molecule has 8 atom stereocenters. The highest BCUT2D eigenvalue weighted by atomic mass is 16.5. The van der Waals surface area contributed by atoms with E-state index < -0.39 is 5.60 Å². The number of carbonyl (C=O) groups excluding carboxylic acids is 1. The van der Waals surface area contributed by atoms with Gasteiger partial charge in [0.15, 0.2) is 0 Å². The van der Waals surface area contributed by atoms with Crippen molar-refractivity contribution < 1.29 is 14.6 Å². The van der Waals surface area contributed by atoms with E-state index in [1.807, 2.05) is 13.8 Å². The number of hydrogen-bond acceptors (Lipinski definition) is 3. The fourth-order valence-electron chi connectivity index (χ4n) is 8.41. The molecule has 0 bridgehead atoms. The van der Waals surface area contributed by atoms with Crippen LogP contribution < -0.4 is 0 Å². The number of ether oxygens (including phenoxy) is 1. The van der Waals surface area contributed by atoms with Crippen molar-refractivity contribution in [2.24, 2.45) is 40.4 Å². The Morgan fingerprint density at radius 1 is 1.00 bits per heavy atom. The molecule has 154 valence electrons. The third-order valence-corrected chi connectivity index (χ3v) is 9.89. The second-order valence-electron chi connectivity index (χ2n) is 11.0. The minimum Gasteiger partial charge on any atom is -0.387 e. The lowest BCUT2D eigenvalue weighted by Gasteiger charge is -2.62. The van der Waals surface area contributed by atoms with Gasteiger partial charge in [0.25, 0.3) is 0 Å². The maximum atomic E-state index is 12.3. The second kappa shape index (κ2) is 6.83. The van der Waals surface area contributed by atoms with Gasteiger partial charge < -0.3 is 9.84 Å². The normalized spacial score (nSPS) is 52.0. The number of aliphatic hydroxyl groups is 1. The lowest BCUT2D eigenvalue weighted by molar-refractivity contribution is -0.165. The van der Waals surface area contributed by atoms with Crippen molar-refractivity contribution in [2.75, 3.05) is 13.2 Å². The standard InChI is InChI=1S/C24H40O3/c1-5-27-15-24(26)13-12-22(3)17(14-24)6-7-18-20-9-8-19(16(2)25)23(20,4)11-10-21(18)22/h17-21,26H,5-15H2,1-4H3/t17?,18-,19+,20-,21-,22-,23+,24?/m0/s1. The Balaban J connectivity index is 1.53. The van der Waals surface area contributed by atoms with Gasteiger partial charge in [0, 0.05) is 12.5 Å². The van der Waals surface area contributed by atoms with Gasteiger partial charge in [-0.15, -0.1) is 0 Å². The van der Waals surface area contributed by atoms with Crippen LogP contribution >= 0.6 is 0 Å². The molecular formula is C24H40O3. The summed E-state index contributed by atoms with van der Waals surface area (Å²) in [6.07, 6.45) is 10.4. The SMILES string of the molecule is CCOCC1(O)CC[C@@]2(C)C(CC[C@H]3[C@@H]4CC[C@H](C(C)=O)[C@@]4(C)CC[C@@H]32)C1. The fraction of sp³-hybridized carbons (Fsp3) is 0.958. The first-order chi connectivity index (χ1) is 12.7. The van der Waals surface area contributed by atoms with E-state index in [0.29, 0.717) is 36.2 Å². The Hall–Kier alpha value is -0.410. The lowest BCUT2D eigenvalue weighted by Crippen LogP contribution is -2.56. The molecule has 4 rings (SSSR count). The van der Waals surface area contributed by atoms with Gasteiger partial charge in [-0.1, -0.05) is 13.8 Å². The molecule has 4 fully saturated rings. The van der Waals surface area contributed by atoms with E-state index in [9.17, 15) is 9.90 Å². The van der Waals surface area contributed by atoms with Gasteiger partial charge in [-0.05, 0) is 106 Å². The molecule has 0 amide bonds. The van der Waals surface area contributed by atoms with Crippen LogP contribution in [0.25, 0.3) is 0 Å². The van der Waals surface area contributed by atoms with Gasteiger partial charge in [0.1, 0.15) is 5.78 Å². The quantitative estimate of drug-likeness (QED) is 0.751. The lowest BCUT2D eigenvalue weighted by atomic mass is 9.44. The minimum absolute atomic E-state index is 0.251. The van der Waals surface area contributed by atoms with E-state index in [1.165, 1.54) is 32.1 Å². The monoisotopic (exact) mass is 376 g/mol. The molecule has 4 aliphatic rings. The summed E-state index contributed by atoms with van der Waals surface area (Å²) < 4.78 is 5.62. The van der Waals surface area contributed by atoms with E-state index in [-0.39, 0.29) is 5.41 Å². The maximum Gasteiger partial charge on any atom is 0.133 e. The molecule has 0 spiro atoms. The summed E-state index contributed by atoms with van der Waals surface area (Å²) in [6, 6.07) is 0. The smallest absolute Gasteiger partial charge is 0.133 e. The summed E-state index contributed by atoms with van der Waals surface area (Å²) in [5, 5.41) is 11.1. The first-order valence-electron chi connectivity index (χ1n) is 11.5. The molecule has 0 aliphatic heterocycles. The Morgan fingerprint density at radius 2 is 1.74 bits per heavy atom. The average molecular weight is 377 g/mol. The Morgan fingerprint density at radius 3 is 2.44 bits per heavy atom. The molecule has 0 saturated heterocycles. The van der Waals surface area contributed by atoms with Gasteiger partial charge >= 0.3 is 0 Å². The summed E-state index contributed by atoms with van der Waals surface area (Å²) in [5.41, 5.74) is 0.0147. The summed E-state index contributed by atoms with van der Waals surface area (Å²) in [5.74, 6) is 3.69. The van der Waals surface area contributed by atoms with Crippen LogP contribution in [0.4, 0.5) is 0 Å². The summed E-state index contributed by atoms with van der Waals surface area (Å²) in [6.45, 7) is 10.00. The highest BCUT2D eigenvalue weighted by Crippen LogP contribution is 2.68. The number of carbonyl (C=O) groups is 1. The predicted octanol–water partition coefficient (Wildman–Crippen LogP) is 5.00. The van der Waals surface area contributed by atoms with Gasteiger partial charge in [0.2, 0.25) is 0 Å². The first-order valence-corrected chi connectivity index (χ1v) is 11.5. The van der Waals surface area contributed by atoms with Crippen LogP contribution in [0, 0.1) is 40.4 Å². The van der Waals surface area contributed by atoms with Gasteiger partial charge in [-0.2, -0.15) is 0 Å². The van der Waals surface area contributed by atoms with Crippen LogP contribution in [0.15, 0.2) is 0 Å². The van der Waals surface area contributed by atoms with Crippen LogP contribution in [0.5, 0.6) is 0 Å². The Bertz CT molecular complexity index is 588. The molecule has 0 aromatic rings. The van der Waals surface area contributed by atoms with Crippen molar-refractivity contribution in [1.82, 2.24) is 0 Å². The summed E-state index contributed by atoms with van der Waals surface area (Å²) >= 11 is 0. The molecule has 0 radical (unpaired) electrons. The molecule has 4 aliphatic carbocycles. The van der Waals surface area contributed by atoms with Crippen LogP contribution in [0.1, 0.15) is 85.5 Å². The van der Waals surface area contributed by atoms with Crippen molar-refractivity contribution in [3.05, 3.63) is 0 Å². The molecule has 3 heteroatoms. The number of ketones is 1. The predicted molar refractivity (Wildman–Crippen MR) is 107 cm³/mol. The molecule has 1 N–H and O–H groups in total. The summed E-state index contributed by atoms with van der Waals surface area (Å²) in [4.78, 5) is 12.3. The van der Waals surface area contributed by atoms with E-state index in [1.54, 1.807) is 0 Å². The molecule has 2 unspecified atom stereocenters. The zero-order chi connectivity index (χ0) is 19.4. The van der Waals surface area contributed by atoms with Gasteiger partial charge in [-0.3, -0.25) is 4.79 Å². The third-order valence-electron chi connectivity index (χ3n) is 9.89. The Kier molecular flexibility index (Phi) is 5.03. The summed E-state index contributed by atoms with van der Waals surface area (Å²) in [7, 11) is 0. The first kappa shape index (κ1) is 19.9. The highest BCUT2D eigenvalue weighted by Gasteiger charge is 2.61. The fourth-order valence-corrected chi connectivity index (χ4v) is 8.41. The van der Waals surface area contributed by atoms with E-state index in [0.717, 1.165) is 43.4 Å². The van der Waals surface area contributed by atoms with Gasteiger partial charge in [0.05, 0.1) is 12.2 Å². The molecule has 3 nitrogen and oxygen atoms in total. The topological polar surface area (TPSA) is 46.5 Å². The van der Waals surface area contributed by atoms with Crippen LogP contribution in [0.3, 0.4) is 0 Å². The number of hydrogen-bond donors (Lipinski definition) is 1. The van der Waals surface area contributed by atoms with Gasteiger partial charge in [-0.25, -0.2) is 0 Å². The van der Waals surface area contributed by atoms with Crippen molar-refractivity contribution in [2.45, 2.75) is 91.1 Å². The molecule has 0 aromatic carbocycles. The van der Waals surface area contributed by atoms with Crippen molar-refractivity contribution >= 4 is 5.78 Å². The van der Waals surface area contributed by atoms with E-state index in [2.05, 4.69) is 13.8 Å². The van der Waals surface area contributed by atoms with Crippen molar-refractivity contribution in [3.63, 3.8) is 0 Å². The number of fused-ring (bicyclic) bond motifs is 5. The highest BCUT2D eigenvalue weighted by molar-refractivity contribution is 5.79. The minimum atomic E-state index is -0.608. The third kappa shape index (κ3) is 3.03. The Labute approximate surface area is 165 Å². The largest absolute Gasteiger partial charge is 0.387 e. The van der Waals surface area contributed by atoms with E-state index >= 15 is 0 Å². The molecule has 27 heavy (non-hydrogen) atoms. The number of Topliss-reactive ketones (excluding diaryl/α,β-unsaturated/α-hetero) is 1. The zero-order valence-corrected chi connectivity index (χ0v) is 17.9. The molecule has 0 heterocycles. The van der Waals surface area contributed by atoms with Crippen LogP contribution in [-0.2, 0) is 9.53 Å². The second-order valence-corrected chi connectivity index (χ2v) is 11.0. The molecule has 4 saturated carbocycles. The number of rotatable bonds is 4. The molecule has 0 aromatic heterocycles. The average Bonchev–Trinajstić information content (AvgIpc) is 2.98. The maximum absolute atomic E-state index is 12.3. The molecular weight excluding hydrogens is 336 g/mol. The van der Waals surface area contributed by atoms with Crippen LogP contribution in [0.2, 0.25) is 0 Å². The van der Waals surface area contributed by atoms with Crippen molar-refractivity contribution in [1.29, 1.82) is 0 Å². The van der Waals surface area contributed by atoms with Crippen molar-refractivity contribution in [3.8, 4) is 0 Å². The zero-order valence-electron chi connectivity index (χ0n) is 17.9.